The maximum atomic E-state index is 12.2. The quantitative estimate of drug-likeness (QED) is 0.610. The van der Waals surface area contributed by atoms with Crippen LogP contribution in [0.5, 0.6) is 0 Å². The molecule has 0 saturated carbocycles. The van der Waals surface area contributed by atoms with Gasteiger partial charge in [0.15, 0.2) is 0 Å². The van der Waals surface area contributed by atoms with Gasteiger partial charge in [-0.2, -0.15) is 0 Å². The highest BCUT2D eigenvalue weighted by atomic mass is 16.5. The van der Waals surface area contributed by atoms with Crippen LogP contribution in [0.4, 0.5) is 0 Å². The molecule has 0 aliphatic rings. The summed E-state index contributed by atoms with van der Waals surface area (Å²) in [5.41, 5.74) is 2.30. The molecule has 1 amide bonds. The zero-order valence-corrected chi connectivity index (χ0v) is 15.5. The SMILES string of the molecule is COC(=O)CCNC(=O)c1ccc2c(c1)nc(CCCn1ccnc1)n2C. The summed E-state index contributed by atoms with van der Waals surface area (Å²) in [6.07, 6.45) is 7.46. The second kappa shape index (κ2) is 8.48. The number of esters is 1. The minimum absolute atomic E-state index is 0.148. The largest absolute Gasteiger partial charge is 0.469 e. The van der Waals surface area contributed by atoms with Crippen LogP contribution in [-0.4, -0.2) is 44.6 Å². The maximum absolute atomic E-state index is 12.2. The zero-order valence-electron chi connectivity index (χ0n) is 15.5. The van der Waals surface area contributed by atoms with Crippen LogP contribution in [0.3, 0.4) is 0 Å². The van der Waals surface area contributed by atoms with Crippen molar-refractivity contribution in [2.24, 2.45) is 7.05 Å². The lowest BCUT2D eigenvalue weighted by molar-refractivity contribution is -0.140. The van der Waals surface area contributed by atoms with E-state index in [-0.39, 0.29) is 24.8 Å². The van der Waals surface area contributed by atoms with Crippen LogP contribution in [0.25, 0.3) is 11.0 Å². The molecule has 3 aromatic rings. The number of hydrogen-bond donors (Lipinski definition) is 1. The van der Waals surface area contributed by atoms with Crippen LogP contribution in [0.1, 0.15) is 29.0 Å². The van der Waals surface area contributed by atoms with E-state index in [2.05, 4.69) is 24.6 Å². The molecule has 2 heterocycles. The van der Waals surface area contributed by atoms with Crippen molar-refractivity contribution in [3.63, 3.8) is 0 Å². The second-order valence-corrected chi connectivity index (χ2v) is 6.28. The molecule has 0 saturated heterocycles. The first-order chi connectivity index (χ1) is 13.1. The molecule has 0 aliphatic carbocycles. The summed E-state index contributed by atoms with van der Waals surface area (Å²) in [5.74, 6) is 0.400. The Morgan fingerprint density at radius 3 is 2.89 bits per heavy atom. The number of benzene rings is 1. The molecule has 8 heteroatoms. The highest BCUT2D eigenvalue weighted by molar-refractivity contribution is 5.97. The van der Waals surface area contributed by atoms with Gasteiger partial charge in [0.25, 0.3) is 5.91 Å². The van der Waals surface area contributed by atoms with E-state index in [1.165, 1.54) is 7.11 Å². The number of methoxy groups -OCH3 is 1. The molecule has 0 unspecified atom stereocenters. The smallest absolute Gasteiger partial charge is 0.307 e. The lowest BCUT2D eigenvalue weighted by Gasteiger charge is -2.05. The molecule has 0 aliphatic heterocycles. The lowest BCUT2D eigenvalue weighted by atomic mass is 10.2. The van der Waals surface area contributed by atoms with Crippen molar-refractivity contribution >= 4 is 22.9 Å². The lowest BCUT2D eigenvalue weighted by Crippen LogP contribution is -2.26. The fourth-order valence-corrected chi connectivity index (χ4v) is 2.94. The minimum atomic E-state index is -0.351. The maximum Gasteiger partial charge on any atom is 0.307 e. The van der Waals surface area contributed by atoms with Gasteiger partial charge >= 0.3 is 5.97 Å². The molecule has 0 bridgehead atoms. The van der Waals surface area contributed by atoms with Gasteiger partial charge in [0.05, 0.1) is 30.9 Å². The highest BCUT2D eigenvalue weighted by Crippen LogP contribution is 2.18. The van der Waals surface area contributed by atoms with E-state index in [1.807, 2.05) is 23.9 Å². The molecule has 27 heavy (non-hydrogen) atoms. The predicted molar refractivity (Wildman–Crippen MR) is 100 cm³/mol. The van der Waals surface area contributed by atoms with E-state index in [9.17, 15) is 9.59 Å². The van der Waals surface area contributed by atoms with E-state index in [4.69, 9.17) is 0 Å². The minimum Gasteiger partial charge on any atom is -0.469 e. The summed E-state index contributed by atoms with van der Waals surface area (Å²) in [5, 5.41) is 2.72. The van der Waals surface area contributed by atoms with Gasteiger partial charge < -0.3 is 19.2 Å². The summed E-state index contributed by atoms with van der Waals surface area (Å²) in [6.45, 7) is 1.13. The van der Waals surface area contributed by atoms with Crippen LogP contribution in [-0.2, 0) is 29.5 Å². The summed E-state index contributed by atoms with van der Waals surface area (Å²) < 4.78 is 8.66. The molecular formula is C19H23N5O3. The highest BCUT2D eigenvalue weighted by Gasteiger charge is 2.12. The van der Waals surface area contributed by atoms with Gasteiger partial charge in [0, 0.05) is 44.5 Å². The molecule has 1 N–H and O–H groups in total. The molecular weight excluding hydrogens is 346 g/mol. The monoisotopic (exact) mass is 369 g/mol. The molecule has 8 nitrogen and oxygen atoms in total. The molecule has 142 valence electrons. The molecule has 0 atom stereocenters. The van der Waals surface area contributed by atoms with Crippen molar-refractivity contribution in [1.29, 1.82) is 0 Å². The summed E-state index contributed by atoms with van der Waals surface area (Å²) in [7, 11) is 3.31. The summed E-state index contributed by atoms with van der Waals surface area (Å²) in [6, 6.07) is 5.45. The number of carbonyl (C=O) groups excluding carboxylic acids is 2. The molecule has 0 radical (unpaired) electrons. The number of amides is 1. The Hall–Kier alpha value is -3.16. The van der Waals surface area contributed by atoms with Crippen LogP contribution >= 0.6 is 0 Å². The van der Waals surface area contributed by atoms with Crippen LogP contribution in [0, 0.1) is 0 Å². The van der Waals surface area contributed by atoms with E-state index in [0.29, 0.717) is 5.56 Å². The van der Waals surface area contributed by atoms with E-state index in [0.717, 1.165) is 36.2 Å². The third-order valence-electron chi connectivity index (χ3n) is 4.45. The molecule has 2 aromatic heterocycles. The molecule has 1 aromatic carbocycles. The number of nitrogens with zero attached hydrogens (tertiary/aromatic N) is 4. The van der Waals surface area contributed by atoms with Crippen molar-refractivity contribution in [3.05, 3.63) is 48.3 Å². The zero-order chi connectivity index (χ0) is 19.2. The van der Waals surface area contributed by atoms with Gasteiger partial charge in [-0.3, -0.25) is 9.59 Å². The third-order valence-corrected chi connectivity index (χ3v) is 4.45. The van der Waals surface area contributed by atoms with Crippen LogP contribution < -0.4 is 5.32 Å². The third kappa shape index (κ3) is 4.52. The standard InChI is InChI=1S/C19H23N5O3/c1-23-16-6-5-14(19(26)21-8-7-18(25)27-2)12-15(16)22-17(23)4-3-10-24-11-9-20-13-24/h5-6,9,11-13H,3-4,7-8,10H2,1-2H3,(H,21,26). The molecule has 3 rings (SSSR count). The molecule has 0 spiro atoms. The van der Waals surface area contributed by atoms with Crippen molar-refractivity contribution < 1.29 is 14.3 Å². The van der Waals surface area contributed by atoms with Gasteiger partial charge in [0.1, 0.15) is 5.82 Å². The Morgan fingerprint density at radius 1 is 1.30 bits per heavy atom. The Balaban J connectivity index is 1.64. The number of aryl methyl sites for hydroxylation is 3. The van der Waals surface area contributed by atoms with Gasteiger partial charge in [-0.15, -0.1) is 0 Å². The predicted octanol–water partition coefficient (Wildman–Crippen LogP) is 1.70. The fraction of sp³-hybridized carbons (Fsp3) is 0.368. The Kier molecular flexibility index (Phi) is 5.85. The van der Waals surface area contributed by atoms with Crippen LogP contribution in [0.15, 0.2) is 36.9 Å². The first-order valence-electron chi connectivity index (χ1n) is 8.84. The molecule has 0 fully saturated rings. The second-order valence-electron chi connectivity index (χ2n) is 6.28. The Bertz CT molecular complexity index is 930. The Labute approximate surface area is 157 Å². The van der Waals surface area contributed by atoms with Crippen LogP contribution in [0.2, 0.25) is 0 Å². The van der Waals surface area contributed by atoms with Gasteiger partial charge in [-0.25, -0.2) is 9.97 Å². The normalized spacial score (nSPS) is 10.9. The number of carbonyl (C=O) groups is 2. The average Bonchev–Trinajstić information content (AvgIpc) is 3.29. The van der Waals surface area contributed by atoms with Crippen molar-refractivity contribution in [3.8, 4) is 0 Å². The number of aromatic nitrogens is 4. The van der Waals surface area contributed by atoms with Gasteiger partial charge in [0.2, 0.25) is 0 Å². The number of imidazole rings is 2. The number of nitrogens with one attached hydrogen (secondary N) is 1. The van der Waals surface area contributed by atoms with Gasteiger partial charge in [-0.1, -0.05) is 0 Å². The summed E-state index contributed by atoms with van der Waals surface area (Å²) >= 11 is 0. The van der Waals surface area contributed by atoms with Crippen molar-refractivity contribution in [2.45, 2.75) is 25.8 Å². The topological polar surface area (TPSA) is 91.0 Å². The van der Waals surface area contributed by atoms with E-state index in [1.54, 1.807) is 24.7 Å². The number of fused-ring (bicyclic) bond motifs is 1. The fourth-order valence-electron chi connectivity index (χ4n) is 2.94. The van der Waals surface area contributed by atoms with E-state index < -0.39 is 0 Å². The van der Waals surface area contributed by atoms with E-state index >= 15 is 0 Å². The van der Waals surface area contributed by atoms with Gasteiger partial charge in [-0.05, 0) is 24.6 Å². The first-order valence-corrected chi connectivity index (χ1v) is 8.84. The Morgan fingerprint density at radius 2 is 2.15 bits per heavy atom. The number of rotatable bonds is 8. The summed E-state index contributed by atoms with van der Waals surface area (Å²) in [4.78, 5) is 32.1. The average molecular weight is 369 g/mol. The van der Waals surface area contributed by atoms with Crippen molar-refractivity contribution in [1.82, 2.24) is 24.4 Å². The number of ether oxygens (including phenoxy) is 1. The first kappa shape index (κ1) is 18.6. The number of hydrogen-bond acceptors (Lipinski definition) is 5. The van der Waals surface area contributed by atoms with Crippen molar-refractivity contribution in [2.75, 3.05) is 13.7 Å².